The molecular weight excluding hydrogens is 1140 g/mol. The lowest BCUT2D eigenvalue weighted by molar-refractivity contribution is -0.120. The smallest absolute Gasteiger partial charge is 0.358 e. The first-order valence-electron chi connectivity index (χ1n) is 27.3. The predicted molar refractivity (Wildman–Crippen MR) is 318 cm³/mol. The third-order valence-corrected chi connectivity index (χ3v) is 15.8. The van der Waals surface area contributed by atoms with Crippen LogP contribution in [-0.4, -0.2) is 102 Å². The number of aryl methyl sites for hydroxylation is 2. The van der Waals surface area contributed by atoms with Crippen LogP contribution in [-0.2, 0) is 23.7 Å². The predicted octanol–water partition coefficient (Wildman–Crippen LogP) is 9.18. The summed E-state index contributed by atoms with van der Waals surface area (Å²) in [6.07, 6.45) is 16.6. The average Bonchev–Trinajstić information content (AvgIpc) is 2.39. The van der Waals surface area contributed by atoms with Crippen molar-refractivity contribution in [2.75, 3.05) is 10.6 Å². The number of aromatic carboxylic acids is 2. The van der Waals surface area contributed by atoms with Crippen molar-refractivity contribution in [1.29, 1.82) is 0 Å². The van der Waals surface area contributed by atoms with E-state index in [2.05, 4.69) is 51.2 Å². The molecule has 0 spiro atoms. The van der Waals surface area contributed by atoms with Crippen molar-refractivity contribution >= 4 is 58.3 Å². The number of pyridine rings is 2. The summed E-state index contributed by atoms with van der Waals surface area (Å²) < 4.78 is 9.62. The third kappa shape index (κ3) is 11.8. The van der Waals surface area contributed by atoms with Crippen LogP contribution in [0.25, 0.3) is 56.7 Å². The molecule has 12 rings (SSSR count). The minimum absolute atomic E-state index is 0.0656. The van der Waals surface area contributed by atoms with Crippen LogP contribution in [0, 0.1) is 11.8 Å². The second-order valence-electron chi connectivity index (χ2n) is 21.1. The zero-order valence-corrected chi connectivity index (χ0v) is 48.1. The molecule has 0 radical (unpaired) electrons. The molecule has 0 saturated carbocycles. The van der Waals surface area contributed by atoms with Crippen molar-refractivity contribution in [3.8, 4) is 56.7 Å². The average molecular weight is 1200 g/mol. The topological polar surface area (TPSA) is 300 Å². The number of rotatable bonds is 8. The van der Waals surface area contributed by atoms with Crippen molar-refractivity contribution in [3.05, 3.63) is 188 Å². The molecule has 2 aliphatic heterocycles. The normalized spacial score (nSPS) is 17.0. The van der Waals surface area contributed by atoms with Gasteiger partial charge < -0.3 is 30.0 Å². The van der Waals surface area contributed by atoms with Crippen LogP contribution in [0.3, 0.4) is 0 Å². The number of carboxylic acid groups (broad SMARTS) is 2. The van der Waals surface area contributed by atoms with Gasteiger partial charge in [0, 0.05) is 84.0 Å². The lowest BCUT2D eigenvalue weighted by Gasteiger charge is -2.23. The molecule has 2 aliphatic rings. The fraction of sp³-hybridized carbons (Fsp3) is 0.233. The molecule has 0 unspecified atom stereocenters. The van der Waals surface area contributed by atoms with Crippen molar-refractivity contribution in [3.63, 3.8) is 0 Å². The van der Waals surface area contributed by atoms with Crippen LogP contribution in [0.1, 0.15) is 96.6 Å². The number of hydrogen-bond donors (Lipinski definition) is 4. The van der Waals surface area contributed by atoms with E-state index in [1.807, 2.05) is 85.9 Å². The molecule has 436 valence electrons. The van der Waals surface area contributed by atoms with E-state index in [4.69, 9.17) is 23.2 Å². The Morgan fingerprint density at radius 2 is 0.953 bits per heavy atom. The lowest BCUT2D eigenvalue weighted by atomic mass is 9.95. The molecule has 0 aliphatic carbocycles. The van der Waals surface area contributed by atoms with Gasteiger partial charge in [0.15, 0.2) is 11.4 Å². The molecule has 2 amide bonds. The van der Waals surface area contributed by atoms with Crippen molar-refractivity contribution < 1.29 is 29.4 Å². The Hall–Kier alpha value is -10.2. The minimum atomic E-state index is -1.21. The lowest BCUT2D eigenvalue weighted by Crippen LogP contribution is -2.26. The molecule has 8 aromatic heterocycles. The Balaban J connectivity index is 0.000000179. The van der Waals surface area contributed by atoms with Gasteiger partial charge in [-0.15, -0.1) is 10.2 Å². The molecule has 10 aromatic rings. The highest BCUT2D eigenvalue weighted by Gasteiger charge is 2.27. The van der Waals surface area contributed by atoms with Gasteiger partial charge in [-0.3, -0.25) is 38.3 Å². The molecule has 26 heteroatoms. The third-order valence-electron chi connectivity index (χ3n) is 15.3. The number of anilines is 2. The van der Waals surface area contributed by atoms with Crippen molar-refractivity contribution in [2.24, 2.45) is 25.9 Å². The maximum Gasteiger partial charge on any atom is 0.358 e. The molecule has 24 nitrogen and oxygen atoms in total. The van der Waals surface area contributed by atoms with Gasteiger partial charge in [0.05, 0.1) is 94.0 Å². The van der Waals surface area contributed by atoms with E-state index < -0.39 is 11.9 Å². The number of nitrogens with zero attached hydrogens (tertiary/aromatic N) is 14. The summed E-state index contributed by atoms with van der Waals surface area (Å²) in [5.41, 5.74) is 7.59. The van der Waals surface area contributed by atoms with Gasteiger partial charge in [0.1, 0.15) is 0 Å². The molecule has 0 saturated heterocycles. The van der Waals surface area contributed by atoms with E-state index in [1.54, 1.807) is 57.9 Å². The van der Waals surface area contributed by atoms with E-state index in [1.165, 1.54) is 46.5 Å². The number of halogens is 2. The monoisotopic (exact) mass is 1200 g/mol. The number of aromatic nitrogens is 14. The fourth-order valence-electron chi connectivity index (χ4n) is 10.8. The van der Waals surface area contributed by atoms with Gasteiger partial charge >= 0.3 is 11.9 Å². The molecule has 4 N–H and O–H groups in total. The Morgan fingerprint density at radius 3 is 1.34 bits per heavy atom. The Bertz CT molecular complexity index is 4130. The number of hydrogen-bond acceptors (Lipinski definition) is 14. The van der Waals surface area contributed by atoms with Gasteiger partial charge in [-0.25, -0.2) is 28.9 Å². The standard InChI is InChI=1S/2C30H27ClN8O4/c2*1-17-4-3-5-25(18-8-10-32-23(12-18)28-21(34-29(17)41)9-11-37(28)2)38-16-33-22(14-27(38)40)20-13-19(31)6-7-26(20)39-15-24(30(42)43)35-36-39/h2*6-17,25H,3-5H2,1-2H3,(H,34,41)(H,42,43)/t2*17-,25+/m11/s1. The van der Waals surface area contributed by atoms with E-state index in [-0.39, 0.29) is 58.2 Å². The Labute approximate surface area is 499 Å². The van der Waals surface area contributed by atoms with E-state index in [9.17, 15) is 39.0 Å². The number of amides is 2. The summed E-state index contributed by atoms with van der Waals surface area (Å²) >= 11 is 12.6. The first-order chi connectivity index (χ1) is 41.4. The van der Waals surface area contributed by atoms with E-state index in [0.29, 0.717) is 105 Å². The van der Waals surface area contributed by atoms with Crippen LogP contribution in [0.4, 0.5) is 11.4 Å². The number of fused-ring (bicyclic) bond motifs is 8. The Morgan fingerprint density at radius 1 is 0.535 bits per heavy atom. The van der Waals surface area contributed by atoms with E-state index in [0.717, 1.165) is 22.5 Å². The molecule has 86 heavy (non-hydrogen) atoms. The number of carbonyl (C=O) groups excluding carboxylic acids is 2. The Kier molecular flexibility index (Phi) is 16.2. The first kappa shape index (κ1) is 57.6. The fourth-order valence-corrected chi connectivity index (χ4v) is 11.1. The quantitative estimate of drug-likeness (QED) is 0.110. The van der Waals surface area contributed by atoms with Gasteiger partial charge in [-0.1, -0.05) is 60.3 Å². The summed E-state index contributed by atoms with van der Waals surface area (Å²) in [6, 6.07) is 23.4. The maximum absolute atomic E-state index is 13.7. The number of carbonyl (C=O) groups is 4. The summed E-state index contributed by atoms with van der Waals surface area (Å²) in [5.74, 6) is -3.00. The summed E-state index contributed by atoms with van der Waals surface area (Å²) in [7, 11) is 3.79. The van der Waals surface area contributed by atoms with Crippen LogP contribution < -0.4 is 21.8 Å². The maximum atomic E-state index is 13.7. The molecule has 10 heterocycles. The second kappa shape index (κ2) is 24.2. The highest BCUT2D eigenvalue weighted by atomic mass is 35.5. The second-order valence-corrected chi connectivity index (χ2v) is 21.9. The number of nitrogens with one attached hydrogen (secondary N) is 2. The van der Waals surface area contributed by atoms with Crippen LogP contribution >= 0.6 is 23.2 Å². The first-order valence-corrected chi connectivity index (χ1v) is 28.1. The zero-order chi connectivity index (χ0) is 60.5. The van der Waals surface area contributed by atoms with E-state index >= 15 is 0 Å². The largest absolute Gasteiger partial charge is 0.476 e. The summed E-state index contributed by atoms with van der Waals surface area (Å²) in [5, 5.41) is 40.7. The summed E-state index contributed by atoms with van der Waals surface area (Å²) in [6.45, 7) is 3.80. The molecular formula is C60H54Cl2N16O8. The number of carboxylic acids is 2. The highest BCUT2D eigenvalue weighted by Crippen LogP contribution is 2.36. The van der Waals surface area contributed by atoms with Gasteiger partial charge in [-0.05, 0) is 110 Å². The van der Waals surface area contributed by atoms with Crippen LogP contribution in [0.15, 0.2) is 144 Å². The van der Waals surface area contributed by atoms with Crippen LogP contribution in [0.5, 0.6) is 0 Å². The summed E-state index contributed by atoms with van der Waals surface area (Å²) in [4.78, 5) is 94.5. The van der Waals surface area contributed by atoms with Crippen molar-refractivity contribution in [2.45, 2.75) is 64.5 Å². The zero-order valence-electron chi connectivity index (χ0n) is 46.6. The van der Waals surface area contributed by atoms with Crippen LogP contribution in [0.2, 0.25) is 10.0 Å². The van der Waals surface area contributed by atoms with Gasteiger partial charge in [-0.2, -0.15) is 0 Å². The molecule has 2 aromatic carbocycles. The van der Waals surface area contributed by atoms with Crippen molar-refractivity contribution in [1.82, 2.24) is 68.2 Å². The number of benzene rings is 2. The SMILES string of the molecule is C[C@@H]1CCC[C@H](n2cnc(-c3cc(Cl)ccc3-n3cc(C(=O)O)nn3)cc2=O)c2ccnc(c2)-c2c(ccn2C)NC1=O.C[C@@H]1CCC[C@H](n2cnc(-c3cc(Cl)ccc3-n3cc(C(=O)O)nn3)cc2=O)c2ccnc(c2)-c2c(ccn2C)NC1=O. The minimum Gasteiger partial charge on any atom is -0.476 e. The molecule has 4 bridgehead atoms. The highest BCUT2D eigenvalue weighted by molar-refractivity contribution is 6.31. The van der Waals surface area contributed by atoms with Gasteiger partial charge in [0.2, 0.25) is 11.8 Å². The van der Waals surface area contributed by atoms with Gasteiger partial charge in [0.25, 0.3) is 11.1 Å². The molecule has 0 fully saturated rings. The molecule has 4 atom stereocenters.